The van der Waals surface area contributed by atoms with E-state index in [4.69, 9.17) is 4.74 Å². The molecule has 2 N–H and O–H groups in total. The van der Waals surface area contributed by atoms with E-state index in [1.165, 1.54) is 6.07 Å². The Morgan fingerprint density at radius 1 is 1.29 bits per heavy atom. The molecule has 21 heavy (non-hydrogen) atoms. The van der Waals surface area contributed by atoms with Gasteiger partial charge in [-0.1, -0.05) is 18.2 Å². The van der Waals surface area contributed by atoms with Gasteiger partial charge in [-0.2, -0.15) is 0 Å². The second kappa shape index (κ2) is 6.67. The minimum Gasteiger partial charge on any atom is -0.380 e. The summed E-state index contributed by atoms with van der Waals surface area (Å²) >= 11 is 0. The Morgan fingerprint density at radius 2 is 2.05 bits per heavy atom. The molecule has 7 nitrogen and oxygen atoms in total. The van der Waals surface area contributed by atoms with Crippen LogP contribution < -0.4 is 10.6 Å². The maximum atomic E-state index is 11.1. The third-order valence-electron chi connectivity index (χ3n) is 2.90. The number of benzene rings is 1. The summed E-state index contributed by atoms with van der Waals surface area (Å²) in [6, 6.07) is 10.4. The van der Waals surface area contributed by atoms with Crippen molar-refractivity contribution in [1.29, 1.82) is 0 Å². The summed E-state index contributed by atoms with van der Waals surface area (Å²) in [5.41, 5.74) is 1.54. The van der Waals surface area contributed by atoms with Crippen molar-refractivity contribution in [2.75, 3.05) is 24.8 Å². The van der Waals surface area contributed by atoms with Crippen LogP contribution in [0.3, 0.4) is 0 Å². The number of aromatic nitrogens is 1. The van der Waals surface area contributed by atoms with Crippen molar-refractivity contribution in [3.8, 4) is 0 Å². The molecule has 0 aliphatic carbocycles. The number of nitro groups is 1. The molecule has 7 heteroatoms. The predicted octanol–water partition coefficient (Wildman–Crippen LogP) is 2.92. The average molecular weight is 288 g/mol. The third kappa shape index (κ3) is 3.46. The highest BCUT2D eigenvalue weighted by molar-refractivity contribution is 5.69. The van der Waals surface area contributed by atoms with Gasteiger partial charge in [-0.3, -0.25) is 10.1 Å². The van der Waals surface area contributed by atoms with E-state index in [9.17, 15) is 10.1 Å². The number of para-hydroxylation sites is 1. The molecule has 2 rings (SSSR count). The normalized spacial score (nSPS) is 10.2. The van der Waals surface area contributed by atoms with Gasteiger partial charge in [0.15, 0.2) is 0 Å². The minimum absolute atomic E-state index is 0.0822. The number of pyridine rings is 1. The molecule has 0 unspecified atom stereocenters. The topological polar surface area (TPSA) is 89.3 Å². The van der Waals surface area contributed by atoms with Crippen LogP contribution in [0.1, 0.15) is 5.56 Å². The van der Waals surface area contributed by atoms with Crippen molar-refractivity contribution >= 4 is 23.0 Å². The summed E-state index contributed by atoms with van der Waals surface area (Å²) in [6.45, 7) is 0.405. The fourth-order valence-corrected chi connectivity index (χ4v) is 1.88. The van der Waals surface area contributed by atoms with E-state index in [-0.39, 0.29) is 11.5 Å². The Morgan fingerprint density at radius 3 is 2.71 bits per heavy atom. The maximum absolute atomic E-state index is 11.1. The van der Waals surface area contributed by atoms with Crippen LogP contribution in [0.5, 0.6) is 0 Å². The first-order valence-electron chi connectivity index (χ1n) is 6.32. The minimum atomic E-state index is -0.465. The molecule has 0 aliphatic rings. The third-order valence-corrected chi connectivity index (χ3v) is 2.90. The van der Waals surface area contributed by atoms with Crippen LogP contribution in [0.15, 0.2) is 36.4 Å². The number of nitrogens with one attached hydrogen (secondary N) is 2. The summed E-state index contributed by atoms with van der Waals surface area (Å²) in [7, 11) is 3.30. The molecule has 0 fully saturated rings. The van der Waals surface area contributed by atoms with Crippen LogP contribution in [-0.4, -0.2) is 24.1 Å². The molecule has 0 amide bonds. The predicted molar refractivity (Wildman–Crippen MR) is 80.9 cm³/mol. The van der Waals surface area contributed by atoms with E-state index in [2.05, 4.69) is 15.6 Å². The first-order valence-corrected chi connectivity index (χ1v) is 6.32. The van der Waals surface area contributed by atoms with Crippen molar-refractivity contribution in [1.82, 2.24) is 4.98 Å². The van der Waals surface area contributed by atoms with Gasteiger partial charge in [0.2, 0.25) is 5.82 Å². The summed E-state index contributed by atoms with van der Waals surface area (Å²) in [4.78, 5) is 14.8. The number of hydrogen-bond acceptors (Lipinski definition) is 6. The lowest BCUT2D eigenvalue weighted by Crippen LogP contribution is -2.04. The molecule has 0 aliphatic heterocycles. The molecule has 0 spiro atoms. The van der Waals surface area contributed by atoms with Crippen LogP contribution in [-0.2, 0) is 11.3 Å². The fourth-order valence-electron chi connectivity index (χ4n) is 1.88. The molecular weight excluding hydrogens is 272 g/mol. The second-order valence-corrected chi connectivity index (χ2v) is 4.29. The van der Waals surface area contributed by atoms with Crippen molar-refractivity contribution < 1.29 is 9.66 Å². The molecule has 1 heterocycles. The quantitative estimate of drug-likeness (QED) is 0.627. The molecule has 1 aromatic carbocycles. The van der Waals surface area contributed by atoms with E-state index in [1.54, 1.807) is 20.2 Å². The lowest BCUT2D eigenvalue weighted by Gasteiger charge is -2.12. The highest BCUT2D eigenvalue weighted by atomic mass is 16.6. The Kier molecular flexibility index (Phi) is 4.68. The molecular formula is C14H16N4O3. The Hall–Kier alpha value is -2.67. The van der Waals surface area contributed by atoms with Crippen LogP contribution >= 0.6 is 0 Å². The first-order chi connectivity index (χ1) is 10.2. The van der Waals surface area contributed by atoms with E-state index >= 15 is 0 Å². The van der Waals surface area contributed by atoms with Crippen molar-refractivity contribution in [2.24, 2.45) is 0 Å². The fraction of sp³-hybridized carbons (Fsp3) is 0.214. The standard InChI is InChI=1S/C14H16N4O3/c1-15-13-8-7-12(18(19)20)14(17-13)16-11-6-4-3-5-10(11)9-21-2/h3-8H,9H2,1-2H3,(H2,15,16,17). The van der Waals surface area contributed by atoms with E-state index in [1.807, 2.05) is 24.3 Å². The largest absolute Gasteiger partial charge is 0.380 e. The highest BCUT2D eigenvalue weighted by Gasteiger charge is 2.17. The molecule has 0 atom stereocenters. The van der Waals surface area contributed by atoms with Gasteiger partial charge in [-0.15, -0.1) is 0 Å². The zero-order valence-electron chi connectivity index (χ0n) is 11.8. The number of nitrogens with zero attached hydrogens (tertiary/aromatic N) is 2. The van der Waals surface area contributed by atoms with E-state index in [0.717, 1.165) is 11.3 Å². The van der Waals surface area contributed by atoms with Gasteiger partial charge in [0.1, 0.15) is 5.82 Å². The van der Waals surface area contributed by atoms with Crippen molar-refractivity contribution in [2.45, 2.75) is 6.61 Å². The van der Waals surface area contributed by atoms with Gasteiger partial charge < -0.3 is 15.4 Å². The summed E-state index contributed by atoms with van der Waals surface area (Å²) in [5.74, 6) is 0.739. The number of rotatable bonds is 6. The van der Waals surface area contributed by atoms with E-state index in [0.29, 0.717) is 12.4 Å². The van der Waals surface area contributed by atoms with Crippen LogP contribution in [0.4, 0.5) is 23.0 Å². The smallest absolute Gasteiger partial charge is 0.311 e. The van der Waals surface area contributed by atoms with Gasteiger partial charge in [0.25, 0.3) is 0 Å². The Labute approximate surface area is 122 Å². The van der Waals surface area contributed by atoms with Crippen molar-refractivity contribution in [3.63, 3.8) is 0 Å². The maximum Gasteiger partial charge on any atom is 0.311 e. The monoisotopic (exact) mass is 288 g/mol. The molecule has 2 aromatic rings. The highest BCUT2D eigenvalue weighted by Crippen LogP contribution is 2.28. The number of ether oxygens (including phenoxy) is 1. The van der Waals surface area contributed by atoms with Gasteiger partial charge in [0.05, 0.1) is 11.5 Å². The molecule has 110 valence electrons. The molecule has 0 radical (unpaired) electrons. The Balaban J connectivity index is 2.40. The number of methoxy groups -OCH3 is 1. The zero-order valence-corrected chi connectivity index (χ0v) is 11.8. The summed E-state index contributed by atoms with van der Waals surface area (Å²) in [5, 5.41) is 17.0. The molecule has 0 bridgehead atoms. The lowest BCUT2D eigenvalue weighted by molar-refractivity contribution is -0.384. The lowest BCUT2D eigenvalue weighted by atomic mass is 10.2. The SMILES string of the molecule is CNc1ccc([N+](=O)[O-])c(Nc2ccccc2COC)n1. The Bertz CT molecular complexity index is 646. The van der Waals surface area contributed by atoms with Crippen LogP contribution in [0, 0.1) is 10.1 Å². The molecule has 1 aromatic heterocycles. The molecule has 0 saturated carbocycles. The van der Waals surface area contributed by atoms with Gasteiger partial charge >= 0.3 is 5.69 Å². The zero-order chi connectivity index (χ0) is 15.2. The average Bonchev–Trinajstić information content (AvgIpc) is 2.49. The van der Waals surface area contributed by atoms with Gasteiger partial charge in [0, 0.05) is 31.5 Å². The van der Waals surface area contributed by atoms with E-state index < -0.39 is 4.92 Å². The second-order valence-electron chi connectivity index (χ2n) is 4.29. The van der Waals surface area contributed by atoms with Crippen LogP contribution in [0.25, 0.3) is 0 Å². The number of hydrogen-bond donors (Lipinski definition) is 2. The summed E-state index contributed by atoms with van der Waals surface area (Å²) < 4.78 is 5.12. The van der Waals surface area contributed by atoms with Gasteiger partial charge in [-0.25, -0.2) is 4.98 Å². The van der Waals surface area contributed by atoms with Crippen molar-refractivity contribution in [3.05, 3.63) is 52.1 Å². The number of anilines is 3. The molecule has 0 saturated heterocycles. The summed E-state index contributed by atoms with van der Waals surface area (Å²) in [6.07, 6.45) is 0. The first kappa shape index (κ1) is 14.7. The van der Waals surface area contributed by atoms with Gasteiger partial charge in [-0.05, 0) is 12.1 Å². The van der Waals surface area contributed by atoms with Crippen LogP contribution in [0.2, 0.25) is 0 Å².